The first-order valence-corrected chi connectivity index (χ1v) is 6.79. The summed E-state index contributed by atoms with van der Waals surface area (Å²) in [6.07, 6.45) is 2.49. The van der Waals surface area contributed by atoms with Crippen LogP contribution in [0.3, 0.4) is 0 Å². The second-order valence-corrected chi connectivity index (χ2v) is 4.41. The van der Waals surface area contributed by atoms with Crippen LogP contribution in [0.1, 0.15) is 28.5 Å². The van der Waals surface area contributed by atoms with E-state index in [1.807, 2.05) is 24.3 Å². The molecule has 1 heterocycles. The minimum absolute atomic E-state index is 0.245. The van der Waals surface area contributed by atoms with Crippen molar-refractivity contribution in [1.29, 1.82) is 0 Å². The Labute approximate surface area is 124 Å². The number of benzene rings is 1. The molecule has 2 rings (SSSR count). The van der Waals surface area contributed by atoms with Gasteiger partial charge in [0.05, 0.1) is 12.1 Å². The molecule has 0 aliphatic heterocycles. The van der Waals surface area contributed by atoms with Crippen molar-refractivity contribution in [2.24, 2.45) is 5.73 Å². The molecular formula is C17H17N3O. The SMILES string of the molecule is CCc1cccc(NC(=O)c2ncccc2C#CCN)c1. The van der Waals surface area contributed by atoms with E-state index in [-0.39, 0.29) is 12.5 Å². The van der Waals surface area contributed by atoms with Crippen LogP contribution in [0.15, 0.2) is 42.6 Å². The summed E-state index contributed by atoms with van der Waals surface area (Å²) < 4.78 is 0. The van der Waals surface area contributed by atoms with Crippen LogP contribution in [0.2, 0.25) is 0 Å². The Morgan fingerprint density at radius 1 is 1.33 bits per heavy atom. The van der Waals surface area contributed by atoms with Gasteiger partial charge in [-0.1, -0.05) is 30.9 Å². The van der Waals surface area contributed by atoms with Crippen molar-refractivity contribution < 1.29 is 4.79 Å². The maximum absolute atomic E-state index is 12.3. The highest BCUT2D eigenvalue weighted by Gasteiger charge is 2.11. The molecule has 1 amide bonds. The minimum Gasteiger partial charge on any atom is -0.321 e. The number of carbonyl (C=O) groups is 1. The van der Waals surface area contributed by atoms with Gasteiger partial charge in [0.1, 0.15) is 5.69 Å². The van der Waals surface area contributed by atoms with Gasteiger partial charge in [-0.15, -0.1) is 0 Å². The molecule has 3 N–H and O–H groups in total. The molecule has 1 aromatic heterocycles. The molecule has 4 nitrogen and oxygen atoms in total. The molecule has 21 heavy (non-hydrogen) atoms. The molecule has 106 valence electrons. The Morgan fingerprint density at radius 3 is 2.95 bits per heavy atom. The van der Waals surface area contributed by atoms with E-state index in [1.165, 1.54) is 0 Å². The first-order valence-electron chi connectivity index (χ1n) is 6.79. The maximum Gasteiger partial charge on any atom is 0.275 e. The predicted octanol–water partition coefficient (Wildman–Crippen LogP) is 2.21. The third kappa shape index (κ3) is 3.91. The Balaban J connectivity index is 2.24. The first-order chi connectivity index (χ1) is 10.2. The fourth-order valence-electron chi connectivity index (χ4n) is 1.89. The van der Waals surface area contributed by atoms with Crippen molar-refractivity contribution in [1.82, 2.24) is 4.98 Å². The van der Waals surface area contributed by atoms with Gasteiger partial charge in [-0.2, -0.15) is 0 Å². The number of carbonyl (C=O) groups excluding carboxylic acids is 1. The first kappa shape index (κ1) is 14.8. The third-order valence-electron chi connectivity index (χ3n) is 2.94. The largest absolute Gasteiger partial charge is 0.321 e. The van der Waals surface area contributed by atoms with Crippen LogP contribution in [0, 0.1) is 11.8 Å². The van der Waals surface area contributed by atoms with Crippen molar-refractivity contribution in [2.45, 2.75) is 13.3 Å². The van der Waals surface area contributed by atoms with Crippen LogP contribution >= 0.6 is 0 Å². The van der Waals surface area contributed by atoms with Crippen LogP contribution in [-0.2, 0) is 6.42 Å². The predicted molar refractivity (Wildman–Crippen MR) is 83.9 cm³/mol. The topological polar surface area (TPSA) is 68.0 Å². The summed E-state index contributed by atoms with van der Waals surface area (Å²) in [5.41, 5.74) is 8.16. The molecule has 0 unspecified atom stereocenters. The van der Waals surface area contributed by atoms with Crippen LogP contribution < -0.4 is 11.1 Å². The Kier molecular flexibility index (Phi) is 5.08. The fraction of sp³-hybridized carbons (Fsp3) is 0.176. The van der Waals surface area contributed by atoms with Crippen molar-refractivity contribution in [3.63, 3.8) is 0 Å². The number of nitrogens with zero attached hydrogens (tertiary/aromatic N) is 1. The zero-order valence-electron chi connectivity index (χ0n) is 11.9. The van der Waals surface area contributed by atoms with E-state index in [0.29, 0.717) is 11.3 Å². The van der Waals surface area contributed by atoms with Gasteiger partial charge in [-0.05, 0) is 36.2 Å². The summed E-state index contributed by atoms with van der Waals surface area (Å²) >= 11 is 0. The quantitative estimate of drug-likeness (QED) is 0.846. The van der Waals surface area contributed by atoms with E-state index < -0.39 is 0 Å². The molecule has 0 radical (unpaired) electrons. The van der Waals surface area contributed by atoms with Crippen molar-refractivity contribution >= 4 is 11.6 Å². The molecule has 1 aromatic carbocycles. The molecule has 4 heteroatoms. The van der Waals surface area contributed by atoms with E-state index in [0.717, 1.165) is 17.7 Å². The second-order valence-electron chi connectivity index (χ2n) is 4.41. The van der Waals surface area contributed by atoms with Gasteiger partial charge in [0.2, 0.25) is 0 Å². The van der Waals surface area contributed by atoms with E-state index in [4.69, 9.17) is 5.73 Å². The van der Waals surface area contributed by atoms with E-state index in [1.54, 1.807) is 18.3 Å². The standard InChI is InChI=1S/C17H17N3O/c1-2-13-6-3-9-15(12-13)20-17(21)16-14(7-4-10-18)8-5-11-19-16/h3,5-6,8-9,11-12H,2,10,18H2,1H3,(H,20,21). The highest BCUT2D eigenvalue weighted by molar-refractivity contribution is 6.04. The van der Waals surface area contributed by atoms with Gasteiger partial charge >= 0.3 is 0 Å². The summed E-state index contributed by atoms with van der Waals surface area (Å²) in [7, 11) is 0. The number of nitrogens with one attached hydrogen (secondary N) is 1. The summed E-state index contributed by atoms with van der Waals surface area (Å²) in [5.74, 6) is 5.33. The normalized spacial score (nSPS) is 9.62. The lowest BCUT2D eigenvalue weighted by molar-refractivity contribution is 0.102. The summed E-state index contributed by atoms with van der Waals surface area (Å²) in [6.45, 7) is 2.31. The van der Waals surface area contributed by atoms with Crippen LogP contribution in [0.5, 0.6) is 0 Å². The highest BCUT2D eigenvalue weighted by Crippen LogP contribution is 2.13. The summed E-state index contributed by atoms with van der Waals surface area (Å²) in [4.78, 5) is 16.4. The van der Waals surface area contributed by atoms with Gasteiger partial charge in [0.25, 0.3) is 5.91 Å². The van der Waals surface area contributed by atoms with Crippen molar-refractivity contribution in [2.75, 3.05) is 11.9 Å². The number of nitrogens with two attached hydrogens (primary N) is 1. The smallest absolute Gasteiger partial charge is 0.275 e. The molecule has 2 aromatic rings. The van der Waals surface area contributed by atoms with Gasteiger partial charge in [0.15, 0.2) is 0 Å². The number of rotatable bonds is 3. The lowest BCUT2D eigenvalue weighted by atomic mass is 10.1. The monoisotopic (exact) mass is 279 g/mol. The number of hydrogen-bond acceptors (Lipinski definition) is 3. The average Bonchev–Trinajstić information content (AvgIpc) is 2.53. The average molecular weight is 279 g/mol. The number of aryl methyl sites for hydroxylation is 1. The molecule has 0 aliphatic rings. The lowest BCUT2D eigenvalue weighted by Gasteiger charge is -2.07. The Morgan fingerprint density at radius 2 is 2.19 bits per heavy atom. The van der Waals surface area contributed by atoms with Crippen LogP contribution in [-0.4, -0.2) is 17.4 Å². The van der Waals surface area contributed by atoms with Gasteiger partial charge in [-0.3, -0.25) is 4.79 Å². The number of pyridine rings is 1. The zero-order valence-corrected chi connectivity index (χ0v) is 11.9. The number of anilines is 1. The molecular weight excluding hydrogens is 262 g/mol. The molecule has 0 aliphatic carbocycles. The summed E-state index contributed by atoms with van der Waals surface area (Å²) in [5, 5.41) is 2.85. The van der Waals surface area contributed by atoms with E-state index in [2.05, 4.69) is 29.1 Å². The number of amides is 1. The third-order valence-corrected chi connectivity index (χ3v) is 2.94. The molecule has 0 saturated heterocycles. The Hall–Kier alpha value is -2.64. The Bertz CT molecular complexity index is 698. The molecule has 0 saturated carbocycles. The number of hydrogen-bond donors (Lipinski definition) is 2. The van der Waals surface area contributed by atoms with Gasteiger partial charge < -0.3 is 11.1 Å². The van der Waals surface area contributed by atoms with E-state index >= 15 is 0 Å². The highest BCUT2D eigenvalue weighted by atomic mass is 16.1. The molecule has 0 bridgehead atoms. The molecule has 0 atom stereocenters. The van der Waals surface area contributed by atoms with Crippen molar-refractivity contribution in [3.05, 3.63) is 59.4 Å². The van der Waals surface area contributed by atoms with Gasteiger partial charge in [-0.25, -0.2) is 4.98 Å². The minimum atomic E-state index is -0.273. The maximum atomic E-state index is 12.3. The van der Waals surface area contributed by atoms with E-state index in [9.17, 15) is 4.79 Å². The zero-order chi connectivity index (χ0) is 15.1. The number of aromatic nitrogens is 1. The fourth-order valence-corrected chi connectivity index (χ4v) is 1.89. The van der Waals surface area contributed by atoms with Crippen molar-refractivity contribution in [3.8, 4) is 11.8 Å². The van der Waals surface area contributed by atoms with Crippen LogP contribution in [0.4, 0.5) is 5.69 Å². The molecule has 0 spiro atoms. The van der Waals surface area contributed by atoms with Gasteiger partial charge in [0, 0.05) is 11.9 Å². The lowest BCUT2D eigenvalue weighted by Crippen LogP contribution is -2.15. The summed E-state index contributed by atoms with van der Waals surface area (Å²) in [6, 6.07) is 11.2. The molecule has 0 fully saturated rings. The van der Waals surface area contributed by atoms with Crippen LogP contribution in [0.25, 0.3) is 0 Å². The second kappa shape index (κ2) is 7.22.